The van der Waals surface area contributed by atoms with Gasteiger partial charge in [0.25, 0.3) is 0 Å². The Morgan fingerprint density at radius 1 is 1.11 bits per heavy atom. The van der Waals surface area contributed by atoms with Gasteiger partial charge >= 0.3 is 0 Å². The molecule has 0 spiro atoms. The molecular formula is C13H16N4O. The van der Waals surface area contributed by atoms with E-state index < -0.39 is 0 Å². The molecule has 0 atom stereocenters. The van der Waals surface area contributed by atoms with Crippen molar-refractivity contribution in [3.63, 3.8) is 0 Å². The van der Waals surface area contributed by atoms with Crippen molar-refractivity contribution in [2.75, 3.05) is 24.3 Å². The predicted molar refractivity (Wildman–Crippen MR) is 72.5 cm³/mol. The fourth-order valence-electron chi connectivity index (χ4n) is 1.51. The number of rotatable bonds is 5. The number of anilines is 3. The van der Waals surface area contributed by atoms with Crippen LogP contribution in [0.15, 0.2) is 36.7 Å². The van der Waals surface area contributed by atoms with Crippen LogP contribution in [0.2, 0.25) is 0 Å². The van der Waals surface area contributed by atoms with Gasteiger partial charge in [-0.2, -0.15) is 0 Å². The maximum Gasteiger partial charge on any atom is 0.151 e. The Balaban J connectivity index is 2.09. The van der Waals surface area contributed by atoms with Crippen molar-refractivity contribution in [2.45, 2.75) is 6.92 Å². The molecule has 0 aliphatic rings. The van der Waals surface area contributed by atoms with Crippen LogP contribution >= 0.6 is 0 Å². The van der Waals surface area contributed by atoms with Gasteiger partial charge in [-0.25, -0.2) is 4.98 Å². The summed E-state index contributed by atoms with van der Waals surface area (Å²) in [5, 5.41) is 6.30. The number of benzene rings is 1. The first kappa shape index (κ1) is 12.2. The average molecular weight is 244 g/mol. The highest BCUT2D eigenvalue weighted by atomic mass is 16.5. The monoisotopic (exact) mass is 244 g/mol. The van der Waals surface area contributed by atoms with Gasteiger partial charge in [0.2, 0.25) is 0 Å². The van der Waals surface area contributed by atoms with E-state index in [9.17, 15) is 0 Å². The van der Waals surface area contributed by atoms with E-state index in [0.29, 0.717) is 5.82 Å². The second-order valence-corrected chi connectivity index (χ2v) is 3.67. The van der Waals surface area contributed by atoms with Gasteiger partial charge in [-0.05, 0) is 31.2 Å². The molecule has 0 aliphatic carbocycles. The van der Waals surface area contributed by atoms with Crippen LogP contribution in [0, 0.1) is 0 Å². The summed E-state index contributed by atoms with van der Waals surface area (Å²) in [5.74, 6) is 2.29. The van der Waals surface area contributed by atoms with E-state index in [1.54, 1.807) is 19.5 Å². The van der Waals surface area contributed by atoms with Gasteiger partial charge in [-0.3, -0.25) is 4.98 Å². The zero-order chi connectivity index (χ0) is 12.8. The van der Waals surface area contributed by atoms with Crippen molar-refractivity contribution in [3.8, 4) is 5.75 Å². The van der Waals surface area contributed by atoms with Gasteiger partial charge in [-0.1, -0.05) is 0 Å². The third kappa shape index (κ3) is 3.10. The first-order valence-corrected chi connectivity index (χ1v) is 5.79. The topological polar surface area (TPSA) is 59.1 Å². The Kier molecular flexibility index (Phi) is 3.96. The molecule has 0 aliphatic heterocycles. The van der Waals surface area contributed by atoms with Crippen molar-refractivity contribution >= 4 is 17.3 Å². The molecule has 0 unspecified atom stereocenters. The van der Waals surface area contributed by atoms with Crippen LogP contribution in [-0.2, 0) is 0 Å². The van der Waals surface area contributed by atoms with E-state index >= 15 is 0 Å². The lowest BCUT2D eigenvalue weighted by molar-refractivity contribution is 0.415. The van der Waals surface area contributed by atoms with Gasteiger partial charge in [0.05, 0.1) is 19.5 Å². The summed E-state index contributed by atoms with van der Waals surface area (Å²) < 4.78 is 5.10. The predicted octanol–water partition coefficient (Wildman–Crippen LogP) is 2.66. The van der Waals surface area contributed by atoms with Crippen LogP contribution in [-0.4, -0.2) is 23.6 Å². The summed E-state index contributed by atoms with van der Waals surface area (Å²) in [6.45, 7) is 2.84. The third-order valence-electron chi connectivity index (χ3n) is 2.35. The van der Waals surface area contributed by atoms with Crippen molar-refractivity contribution < 1.29 is 4.74 Å². The minimum atomic E-state index is 0.707. The minimum Gasteiger partial charge on any atom is -0.497 e. The molecule has 0 radical (unpaired) electrons. The molecule has 1 aromatic carbocycles. The quantitative estimate of drug-likeness (QED) is 0.846. The zero-order valence-corrected chi connectivity index (χ0v) is 10.5. The molecule has 5 nitrogen and oxygen atoms in total. The Labute approximate surface area is 106 Å². The van der Waals surface area contributed by atoms with Gasteiger partial charge < -0.3 is 15.4 Å². The third-order valence-corrected chi connectivity index (χ3v) is 2.35. The number of hydrogen-bond acceptors (Lipinski definition) is 5. The van der Waals surface area contributed by atoms with Crippen LogP contribution in [0.25, 0.3) is 0 Å². The van der Waals surface area contributed by atoms with Crippen molar-refractivity contribution in [2.24, 2.45) is 0 Å². The molecule has 5 heteroatoms. The second kappa shape index (κ2) is 5.86. The number of nitrogens with zero attached hydrogens (tertiary/aromatic N) is 2. The lowest BCUT2D eigenvalue weighted by Crippen LogP contribution is -2.02. The molecule has 94 valence electrons. The molecule has 0 saturated heterocycles. The Hall–Kier alpha value is -2.30. The highest BCUT2D eigenvalue weighted by Crippen LogP contribution is 2.18. The van der Waals surface area contributed by atoms with Crippen molar-refractivity contribution in [1.82, 2.24) is 9.97 Å². The van der Waals surface area contributed by atoms with Gasteiger partial charge in [0.1, 0.15) is 11.6 Å². The molecule has 2 N–H and O–H groups in total. The van der Waals surface area contributed by atoms with Gasteiger partial charge in [0.15, 0.2) is 5.82 Å². The van der Waals surface area contributed by atoms with Gasteiger partial charge in [0, 0.05) is 12.2 Å². The zero-order valence-electron chi connectivity index (χ0n) is 10.5. The SMILES string of the molecule is CCNc1cncc(Nc2ccc(OC)cc2)n1. The molecule has 1 heterocycles. The highest BCUT2D eigenvalue weighted by molar-refractivity contribution is 5.57. The fraction of sp³-hybridized carbons (Fsp3) is 0.231. The van der Waals surface area contributed by atoms with E-state index in [0.717, 1.165) is 23.8 Å². The van der Waals surface area contributed by atoms with Gasteiger partial charge in [-0.15, -0.1) is 0 Å². The van der Waals surface area contributed by atoms with E-state index in [1.807, 2.05) is 31.2 Å². The Bertz CT molecular complexity index is 499. The highest BCUT2D eigenvalue weighted by Gasteiger charge is 1.99. The Morgan fingerprint density at radius 2 is 1.83 bits per heavy atom. The number of methoxy groups -OCH3 is 1. The standard InChI is InChI=1S/C13H16N4O/c1-3-15-12-8-14-9-13(17-12)16-10-4-6-11(18-2)7-5-10/h4-9H,3H2,1-2H3,(H2,15,16,17). The summed E-state index contributed by atoms with van der Waals surface area (Å²) in [6.07, 6.45) is 3.38. The second-order valence-electron chi connectivity index (χ2n) is 3.67. The molecule has 1 aromatic heterocycles. The molecule has 0 fully saturated rings. The summed E-state index contributed by atoms with van der Waals surface area (Å²) >= 11 is 0. The first-order valence-electron chi connectivity index (χ1n) is 5.79. The van der Waals surface area contributed by atoms with Crippen LogP contribution in [0.3, 0.4) is 0 Å². The molecule has 0 amide bonds. The number of ether oxygens (including phenoxy) is 1. The summed E-state index contributed by atoms with van der Waals surface area (Å²) in [7, 11) is 1.65. The lowest BCUT2D eigenvalue weighted by atomic mass is 10.3. The molecule has 2 aromatic rings. The van der Waals surface area contributed by atoms with E-state index in [4.69, 9.17) is 4.74 Å². The lowest BCUT2D eigenvalue weighted by Gasteiger charge is -2.08. The average Bonchev–Trinajstić information content (AvgIpc) is 2.40. The summed E-state index contributed by atoms with van der Waals surface area (Å²) in [4.78, 5) is 8.51. The van der Waals surface area contributed by atoms with Crippen LogP contribution < -0.4 is 15.4 Å². The number of aromatic nitrogens is 2. The fourth-order valence-corrected chi connectivity index (χ4v) is 1.51. The molecule has 2 rings (SSSR count). The molecule has 0 bridgehead atoms. The minimum absolute atomic E-state index is 0.707. The number of hydrogen-bond donors (Lipinski definition) is 2. The maximum absolute atomic E-state index is 5.10. The number of nitrogens with one attached hydrogen (secondary N) is 2. The van der Waals surface area contributed by atoms with Crippen molar-refractivity contribution in [3.05, 3.63) is 36.7 Å². The van der Waals surface area contributed by atoms with Crippen LogP contribution in [0.5, 0.6) is 5.75 Å². The van der Waals surface area contributed by atoms with Crippen molar-refractivity contribution in [1.29, 1.82) is 0 Å². The maximum atomic E-state index is 5.10. The van der Waals surface area contributed by atoms with Crippen LogP contribution in [0.1, 0.15) is 6.92 Å². The van der Waals surface area contributed by atoms with E-state index in [2.05, 4.69) is 20.6 Å². The van der Waals surface area contributed by atoms with E-state index in [-0.39, 0.29) is 0 Å². The smallest absolute Gasteiger partial charge is 0.151 e. The Morgan fingerprint density at radius 3 is 2.50 bits per heavy atom. The first-order chi connectivity index (χ1) is 8.81. The normalized spacial score (nSPS) is 9.89. The largest absolute Gasteiger partial charge is 0.497 e. The van der Waals surface area contributed by atoms with E-state index in [1.165, 1.54) is 0 Å². The molecular weight excluding hydrogens is 228 g/mol. The van der Waals surface area contributed by atoms with Crippen LogP contribution in [0.4, 0.5) is 17.3 Å². The molecule has 18 heavy (non-hydrogen) atoms. The summed E-state index contributed by atoms with van der Waals surface area (Å²) in [6, 6.07) is 7.65. The molecule has 0 saturated carbocycles. The summed E-state index contributed by atoms with van der Waals surface area (Å²) in [5.41, 5.74) is 0.943.